The molecule has 1 aromatic heterocycles. The van der Waals surface area contributed by atoms with E-state index in [9.17, 15) is 4.79 Å². The van der Waals surface area contributed by atoms with Crippen LogP contribution in [0, 0.1) is 0 Å². The Kier molecular flexibility index (Phi) is 4.21. The van der Waals surface area contributed by atoms with Gasteiger partial charge in [-0.05, 0) is 43.2 Å². The van der Waals surface area contributed by atoms with Crippen LogP contribution in [-0.2, 0) is 4.74 Å². The summed E-state index contributed by atoms with van der Waals surface area (Å²) in [5.74, 6) is 0.0471. The van der Waals surface area contributed by atoms with Crippen molar-refractivity contribution in [3.05, 3.63) is 47.8 Å². The van der Waals surface area contributed by atoms with Gasteiger partial charge in [-0.15, -0.1) is 0 Å². The molecule has 0 unspecified atom stereocenters. The molecule has 0 saturated carbocycles. The maximum Gasteiger partial charge on any atom is 0.254 e. The predicted octanol–water partition coefficient (Wildman–Crippen LogP) is 2.22. The average Bonchev–Trinajstić information content (AvgIpc) is 3.35. The summed E-state index contributed by atoms with van der Waals surface area (Å²) in [5.41, 5.74) is 2.84. The van der Waals surface area contributed by atoms with E-state index in [2.05, 4.69) is 27.2 Å². The smallest absolute Gasteiger partial charge is 0.254 e. The van der Waals surface area contributed by atoms with Crippen molar-refractivity contribution in [1.29, 1.82) is 0 Å². The Bertz CT molecular complexity index is 678. The van der Waals surface area contributed by atoms with Crippen molar-refractivity contribution in [1.82, 2.24) is 15.1 Å². The second kappa shape index (κ2) is 6.65. The van der Waals surface area contributed by atoms with Crippen molar-refractivity contribution >= 4 is 11.6 Å². The molecule has 24 heavy (non-hydrogen) atoms. The molecule has 1 aromatic carbocycles. The van der Waals surface area contributed by atoms with Gasteiger partial charge in [0, 0.05) is 37.1 Å². The number of nitrogens with one attached hydrogen (secondary N) is 1. The van der Waals surface area contributed by atoms with Gasteiger partial charge in [-0.3, -0.25) is 9.89 Å². The first-order valence-electron chi connectivity index (χ1n) is 8.56. The minimum absolute atomic E-state index is 0.0471. The Labute approximate surface area is 141 Å². The maximum absolute atomic E-state index is 13.0. The highest BCUT2D eigenvalue weighted by Gasteiger charge is 2.30. The summed E-state index contributed by atoms with van der Waals surface area (Å²) in [7, 11) is 0. The number of morpholine rings is 1. The fourth-order valence-electron chi connectivity index (χ4n) is 3.51. The lowest BCUT2D eigenvalue weighted by atomic mass is 10.1. The molecule has 2 aliphatic heterocycles. The van der Waals surface area contributed by atoms with Crippen LogP contribution in [0.3, 0.4) is 0 Å². The minimum atomic E-state index is -0.105. The zero-order valence-corrected chi connectivity index (χ0v) is 13.6. The number of benzene rings is 1. The lowest BCUT2D eigenvalue weighted by Crippen LogP contribution is -2.43. The number of carbonyl (C=O) groups excluding carboxylic acids is 1. The van der Waals surface area contributed by atoms with Gasteiger partial charge >= 0.3 is 0 Å². The van der Waals surface area contributed by atoms with Gasteiger partial charge in [-0.25, -0.2) is 0 Å². The lowest BCUT2D eigenvalue weighted by Gasteiger charge is -2.35. The minimum Gasteiger partial charge on any atom is -0.377 e. The van der Waals surface area contributed by atoms with E-state index in [1.165, 1.54) is 18.5 Å². The molecule has 2 fully saturated rings. The molecule has 2 saturated heterocycles. The van der Waals surface area contributed by atoms with Crippen molar-refractivity contribution in [2.45, 2.75) is 18.9 Å². The van der Waals surface area contributed by atoms with Crippen molar-refractivity contribution in [3.8, 4) is 0 Å². The normalized spacial score (nSPS) is 21.2. The zero-order chi connectivity index (χ0) is 16.4. The Morgan fingerprint density at radius 2 is 1.92 bits per heavy atom. The molecular formula is C18H22N4O2. The van der Waals surface area contributed by atoms with Gasteiger partial charge in [0.2, 0.25) is 0 Å². The summed E-state index contributed by atoms with van der Waals surface area (Å²) >= 11 is 0. The first kappa shape index (κ1) is 15.2. The van der Waals surface area contributed by atoms with Crippen LogP contribution < -0.4 is 4.90 Å². The molecule has 1 N–H and O–H groups in total. The second-order valence-electron chi connectivity index (χ2n) is 6.34. The first-order chi connectivity index (χ1) is 11.8. The third-order valence-corrected chi connectivity index (χ3v) is 4.86. The summed E-state index contributed by atoms with van der Waals surface area (Å²) in [6, 6.07) is 9.79. The molecule has 6 nitrogen and oxygen atoms in total. The van der Waals surface area contributed by atoms with E-state index in [4.69, 9.17) is 4.74 Å². The highest BCUT2D eigenvalue weighted by molar-refractivity contribution is 5.95. The molecule has 0 aliphatic carbocycles. The van der Waals surface area contributed by atoms with Crippen molar-refractivity contribution in [2.24, 2.45) is 0 Å². The summed E-state index contributed by atoms with van der Waals surface area (Å²) < 4.78 is 5.56. The highest BCUT2D eigenvalue weighted by Crippen LogP contribution is 2.26. The Hall–Kier alpha value is -2.34. The summed E-state index contributed by atoms with van der Waals surface area (Å²) in [5, 5.41) is 6.95. The fourth-order valence-corrected chi connectivity index (χ4v) is 3.51. The number of aromatic nitrogens is 2. The molecule has 126 valence electrons. The second-order valence-corrected chi connectivity index (χ2v) is 6.34. The molecule has 3 heterocycles. The Morgan fingerprint density at radius 1 is 1.12 bits per heavy atom. The van der Waals surface area contributed by atoms with E-state index in [1.54, 1.807) is 6.20 Å². The number of H-pyrrole nitrogens is 1. The van der Waals surface area contributed by atoms with Gasteiger partial charge in [0.25, 0.3) is 5.91 Å². The molecule has 1 amide bonds. The Morgan fingerprint density at radius 3 is 2.62 bits per heavy atom. The van der Waals surface area contributed by atoms with E-state index in [0.717, 1.165) is 24.3 Å². The molecule has 6 heteroatoms. The molecule has 2 aliphatic rings. The number of aromatic amines is 1. The Balaban J connectivity index is 1.53. The van der Waals surface area contributed by atoms with Gasteiger partial charge in [-0.2, -0.15) is 5.10 Å². The molecule has 0 radical (unpaired) electrons. The van der Waals surface area contributed by atoms with Crippen LogP contribution in [0.4, 0.5) is 5.69 Å². The van der Waals surface area contributed by atoms with Crippen molar-refractivity contribution < 1.29 is 9.53 Å². The number of ether oxygens (including phenoxy) is 1. The van der Waals surface area contributed by atoms with Crippen molar-refractivity contribution in [3.63, 3.8) is 0 Å². The van der Waals surface area contributed by atoms with Gasteiger partial charge < -0.3 is 14.5 Å². The number of amides is 1. The maximum atomic E-state index is 13.0. The molecule has 0 bridgehead atoms. The van der Waals surface area contributed by atoms with E-state index >= 15 is 0 Å². The fraction of sp³-hybridized carbons (Fsp3) is 0.444. The lowest BCUT2D eigenvalue weighted by molar-refractivity contribution is -0.00390. The number of nitrogens with zero attached hydrogens (tertiary/aromatic N) is 3. The summed E-state index contributed by atoms with van der Waals surface area (Å²) in [4.78, 5) is 17.2. The van der Waals surface area contributed by atoms with Gasteiger partial charge in [0.05, 0.1) is 24.9 Å². The monoisotopic (exact) mass is 326 g/mol. The van der Waals surface area contributed by atoms with E-state index in [0.29, 0.717) is 19.8 Å². The number of hydrogen-bond donors (Lipinski definition) is 1. The topological polar surface area (TPSA) is 61.5 Å². The first-order valence-corrected chi connectivity index (χ1v) is 8.56. The van der Waals surface area contributed by atoms with Gasteiger partial charge in [0.15, 0.2) is 0 Å². The quantitative estimate of drug-likeness (QED) is 0.939. The number of anilines is 1. The third kappa shape index (κ3) is 2.89. The summed E-state index contributed by atoms with van der Waals surface area (Å²) in [6.45, 7) is 3.88. The van der Waals surface area contributed by atoms with E-state index < -0.39 is 0 Å². The van der Waals surface area contributed by atoms with Crippen LogP contribution in [0.2, 0.25) is 0 Å². The van der Waals surface area contributed by atoms with Crippen LogP contribution in [0.25, 0.3) is 0 Å². The SMILES string of the molecule is O=C(c1ccc(N2CCCC2)cc1)N1CCOC[C@H]1c1ccn[nH]1. The zero-order valence-electron chi connectivity index (χ0n) is 13.6. The average molecular weight is 326 g/mol. The van der Waals surface area contributed by atoms with Crippen LogP contribution in [0.1, 0.15) is 34.9 Å². The molecule has 0 spiro atoms. The number of carbonyl (C=O) groups is 1. The van der Waals surface area contributed by atoms with Gasteiger partial charge in [0.1, 0.15) is 0 Å². The van der Waals surface area contributed by atoms with E-state index in [1.807, 2.05) is 23.1 Å². The van der Waals surface area contributed by atoms with Crippen LogP contribution in [-0.4, -0.2) is 53.9 Å². The summed E-state index contributed by atoms with van der Waals surface area (Å²) in [6.07, 6.45) is 4.21. The van der Waals surface area contributed by atoms with Gasteiger partial charge in [-0.1, -0.05) is 0 Å². The number of hydrogen-bond acceptors (Lipinski definition) is 4. The molecule has 4 rings (SSSR count). The molecular weight excluding hydrogens is 304 g/mol. The largest absolute Gasteiger partial charge is 0.377 e. The third-order valence-electron chi connectivity index (χ3n) is 4.86. The highest BCUT2D eigenvalue weighted by atomic mass is 16.5. The predicted molar refractivity (Wildman–Crippen MR) is 91.1 cm³/mol. The molecule has 1 atom stereocenters. The standard InChI is InChI=1S/C18H22N4O2/c23-18(14-3-5-15(6-4-14)21-9-1-2-10-21)22-11-12-24-13-17(22)16-7-8-19-20-16/h3-8,17H,1-2,9-13H2,(H,19,20)/t17-/m0/s1. The van der Waals surface area contributed by atoms with Crippen molar-refractivity contribution in [2.75, 3.05) is 37.7 Å². The number of rotatable bonds is 3. The van der Waals surface area contributed by atoms with Crippen LogP contribution >= 0.6 is 0 Å². The van der Waals surface area contributed by atoms with E-state index in [-0.39, 0.29) is 11.9 Å². The van der Waals surface area contributed by atoms with Crippen LogP contribution in [0.15, 0.2) is 36.5 Å². The molecule has 2 aromatic rings. The van der Waals surface area contributed by atoms with Crippen LogP contribution in [0.5, 0.6) is 0 Å².